The van der Waals surface area contributed by atoms with Crippen molar-refractivity contribution >= 4 is 23.2 Å². The molecular weight excluding hydrogens is 625 g/mol. The summed E-state index contributed by atoms with van der Waals surface area (Å²) < 4.78 is 0. The fourth-order valence-electron chi connectivity index (χ4n) is 6.60. The molecule has 4 nitrogen and oxygen atoms in total. The smallest absolute Gasteiger partial charge is 0.255 e. The molecule has 2 amide bonds. The second-order valence-corrected chi connectivity index (χ2v) is 15.2. The molecule has 51 heavy (non-hydrogen) atoms. The molecular formula is C47H46N2O2. The Labute approximate surface area is 302 Å². The highest BCUT2D eigenvalue weighted by Crippen LogP contribution is 2.45. The first-order chi connectivity index (χ1) is 24.4. The van der Waals surface area contributed by atoms with Gasteiger partial charge >= 0.3 is 0 Å². The third-order valence-electron chi connectivity index (χ3n) is 9.53. The predicted octanol–water partition coefficient (Wildman–Crippen LogP) is 11.2. The molecule has 0 saturated heterocycles. The van der Waals surface area contributed by atoms with Crippen molar-refractivity contribution in [1.29, 1.82) is 0 Å². The largest absolute Gasteiger partial charge is 0.322 e. The lowest BCUT2D eigenvalue weighted by Gasteiger charge is -2.37. The maximum absolute atomic E-state index is 13.4. The van der Waals surface area contributed by atoms with Gasteiger partial charge in [-0.25, -0.2) is 0 Å². The van der Waals surface area contributed by atoms with Crippen LogP contribution >= 0.6 is 0 Å². The SMILES string of the molecule is CC(C)(C)c1cc(C(=O)Nc2ccc(C(=O)Nc3ccc(C(c4ccccc4)(c4ccccc4)c4ccccc4)cc3)cc2)cc(C(C)(C)C)c1. The summed E-state index contributed by atoms with van der Waals surface area (Å²) in [5.74, 6) is -0.407. The number of hydrogen-bond acceptors (Lipinski definition) is 2. The molecule has 6 aromatic carbocycles. The fraction of sp³-hybridized carbons (Fsp3) is 0.191. The van der Waals surface area contributed by atoms with Crippen LogP contribution in [0.5, 0.6) is 0 Å². The zero-order chi connectivity index (χ0) is 36.2. The van der Waals surface area contributed by atoms with Crippen LogP contribution in [-0.2, 0) is 16.2 Å². The molecule has 0 radical (unpaired) electrons. The van der Waals surface area contributed by atoms with Gasteiger partial charge in [-0.2, -0.15) is 0 Å². The van der Waals surface area contributed by atoms with Gasteiger partial charge in [0.25, 0.3) is 11.8 Å². The molecule has 0 aliphatic heterocycles. The van der Waals surface area contributed by atoms with E-state index in [0.29, 0.717) is 22.5 Å². The highest BCUT2D eigenvalue weighted by atomic mass is 16.2. The van der Waals surface area contributed by atoms with Crippen LogP contribution in [0.2, 0.25) is 0 Å². The van der Waals surface area contributed by atoms with E-state index in [1.54, 1.807) is 24.3 Å². The third kappa shape index (κ3) is 7.56. The van der Waals surface area contributed by atoms with Crippen molar-refractivity contribution in [2.75, 3.05) is 10.6 Å². The Kier molecular flexibility index (Phi) is 9.80. The first-order valence-electron chi connectivity index (χ1n) is 17.5. The van der Waals surface area contributed by atoms with Crippen LogP contribution in [0.25, 0.3) is 0 Å². The molecule has 6 aromatic rings. The number of rotatable bonds is 8. The third-order valence-corrected chi connectivity index (χ3v) is 9.53. The molecule has 0 unspecified atom stereocenters. The summed E-state index contributed by atoms with van der Waals surface area (Å²) >= 11 is 0. The van der Waals surface area contributed by atoms with E-state index in [9.17, 15) is 9.59 Å². The van der Waals surface area contributed by atoms with Gasteiger partial charge in [-0.15, -0.1) is 0 Å². The van der Waals surface area contributed by atoms with Gasteiger partial charge in [0, 0.05) is 22.5 Å². The summed E-state index contributed by atoms with van der Waals surface area (Å²) in [4.78, 5) is 26.8. The summed E-state index contributed by atoms with van der Waals surface area (Å²) in [6, 6.07) is 52.9. The average molecular weight is 671 g/mol. The van der Waals surface area contributed by atoms with Crippen LogP contribution in [0.4, 0.5) is 11.4 Å². The summed E-state index contributed by atoms with van der Waals surface area (Å²) in [6.07, 6.45) is 0. The van der Waals surface area contributed by atoms with Crippen molar-refractivity contribution in [3.63, 3.8) is 0 Å². The Balaban J connectivity index is 1.22. The molecule has 0 spiro atoms. The number of anilines is 2. The molecule has 4 heteroatoms. The van der Waals surface area contributed by atoms with E-state index >= 15 is 0 Å². The molecule has 0 heterocycles. The molecule has 0 bridgehead atoms. The lowest BCUT2D eigenvalue weighted by Crippen LogP contribution is -2.31. The fourth-order valence-corrected chi connectivity index (χ4v) is 6.60. The maximum Gasteiger partial charge on any atom is 0.255 e. The Morgan fingerprint density at radius 3 is 1.08 bits per heavy atom. The minimum Gasteiger partial charge on any atom is -0.322 e. The lowest BCUT2D eigenvalue weighted by molar-refractivity contribution is 0.101. The van der Waals surface area contributed by atoms with Gasteiger partial charge in [-0.3, -0.25) is 9.59 Å². The van der Waals surface area contributed by atoms with E-state index in [1.165, 1.54) is 0 Å². The zero-order valence-electron chi connectivity index (χ0n) is 30.3. The van der Waals surface area contributed by atoms with Crippen LogP contribution in [-0.4, -0.2) is 11.8 Å². The summed E-state index contributed by atoms with van der Waals surface area (Å²) in [6.45, 7) is 12.9. The normalized spacial score (nSPS) is 11.9. The van der Waals surface area contributed by atoms with Crippen LogP contribution in [0.15, 0.2) is 158 Å². The molecule has 0 saturated carbocycles. The van der Waals surface area contributed by atoms with Crippen molar-refractivity contribution in [1.82, 2.24) is 0 Å². The van der Waals surface area contributed by atoms with Crippen molar-refractivity contribution in [2.24, 2.45) is 0 Å². The van der Waals surface area contributed by atoms with Gasteiger partial charge in [0.2, 0.25) is 0 Å². The van der Waals surface area contributed by atoms with E-state index in [0.717, 1.165) is 33.4 Å². The minimum atomic E-state index is -0.561. The Bertz CT molecular complexity index is 1980. The molecule has 0 atom stereocenters. The number of carbonyl (C=O) groups is 2. The van der Waals surface area contributed by atoms with Crippen molar-refractivity contribution in [3.05, 3.63) is 202 Å². The highest BCUT2D eigenvalue weighted by molar-refractivity contribution is 6.06. The topological polar surface area (TPSA) is 58.2 Å². The van der Waals surface area contributed by atoms with Crippen LogP contribution in [0.3, 0.4) is 0 Å². The van der Waals surface area contributed by atoms with E-state index in [4.69, 9.17) is 0 Å². The lowest BCUT2D eigenvalue weighted by atomic mass is 9.65. The maximum atomic E-state index is 13.4. The van der Waals surface area contributed by atoms with Crippen molar-refractivity contribution < 1.29 is 9.59 Å². The van der Waals surface area contributed by atoms with Gasteiger partial charge in [0.1, 0.15) is 0 Å². The Morgan fingerprint density at radius 1 is 0.373 bits per heavy atom. The standard InChI is InChI=1S/C47H46N2O2/c1-45(2,3)39-30-34(31-40(32-39)46(4,5)6)44(51)49-41-26-22-33(23-27-41)43(50)48-42-28-24-38(25-29-42)47(35-16-10-7-11-17-35,36-18-12-8-13-19-36)37-20-14-9-15-21-37/h7-32H,1-6H3,(H,48,50)(H,49,51). The van der Waals surface area contributed by atoms with Crippen LogP contribution < -0.4 is 10.6 Å². The Hall–Kier alpha value is -5.74. The quantitative estimate of drug-likeness (QED) is 0.158. The summed E-state index contributed by atoms with van der Waals surface area (Å²) in [5.41, 5.74) is 8.46. The van der Waals surface area contributed by atoms with Gasteiger partial charge < -0.3 is 10.6 Å². The second kappa shape index (κ2) is 14.2. The first-order valence-corrected chi connectivity index (χ1v) is 17.5. The Morgan fingerprint density at radius 2 is 0.706 bits per heavy atom. The summed E-state index contributed by atoms with van der Waals surface area (Å²) in [7, 11) is 0. The van der Waals surface area contributed by atoms with Crippen molar-refractivity contribution in [3.8, 4) is 0 Å². The number of benzene rings is 6. The van der Waals surface area contributed by atoms with Gasteiger partial charge in [-0.1, -0.05) is 151 Å². The van der Waals surface area contributed by atoms with Gasteiger partial charge in [0.05, 0.1) is 5.41 Å². The van der Waals surface area contributed by atoms with E-state index in [1.807, 2.05) is 42.5 Å². The number of hydrogen-bond donors (Lipinski definition) is 2. The highest BCUT2D eigenvalue weighted by Gasteiger charge is 2.38. The monoisotopic (exact) mass is 670 g/mol. The summed E-state index contributed by atoms with van der Waals surface area (Å²) in [5, 5.41) is 6.08. The molecule has 0 fully saturated rings. The molecule has 0 aliphatic carbocycles. The molecule has 2 N–H and O–H groups in total. The van der Waals surface area contributed by atoms with Crippen molar-refractivity contribution in [2.45, 2.75) is 57.8 Å². The second-order valence-electron chi connectivity index (χ2n) is 15.2. The number of amides is 2. The number of nitrogens with one attached hydrogen (secondary N) is 2. The molecule has 256 valence electrons. The first kappa shape index (κ1) is 35.1. The van der Waals surface area contributed by atoms with Crippen LogP contribution in [0, 0.1) is 0 Å². The van der Waals surface area contributed by atoms with E-state index in [-0.39, 0.29) is 22.6 Å². The van der Waals surface area contributed by atoms with E-state index in [2.05, 4.69) is 143 Å². The molecule has 6 rings (SSSR count). The minimum absolute atomic E-state index is 0.0968. The number of carbonyl (C=O) groups excluding carboxylic acids is 2. The average Bonchev–Trinajstić information content (AvgIpc) is 3.13. The van der Waals surface area contributed by atoms with Gasteiger partial charge in [-0.05, 0) is 92.7 Å². The van der Waals surface area contributed by atoms with Gasteiger partial charge in [0.15, 0.2) is 0 Å². The van der Waals surface area contributed by atoms with E-state index < -0.39 is 5.41 Å². The van der Waals surface area contributed by atoms with Crippen LogP contribution in [0.1, 0.15) is 95.6 Å². The molecule has 0 aromatic heterocycles. The predicted molar refractivity (Wildman–Crippen MR) is 211 cm³/mol. The molecule has 0 aliphatic rings. The zero-order valence-corrected chi connectivity index (χ0v) is 30.3.